The molecule has 5 N–H and O–H groups in total. The Morgan fingerprint density at radius 1 is 1.36 bits per heavy atom. The van der Waals surface area contributed by atoms with Crippen LogP contribution >= 0.6 is 22.6 Å². The highest BCUT2D eigenvalue weighted by Crippen LogP contribution is 2.35. The van der Waals surface area contributed by atoms with Crippen molar-refractivity contribution in [2.45, 2.75) is 32.6 Å². The summed E-state index contributed by atoms with van der Waals surface area (Å²) in [6.45, 7) is 2.30. The van der Waals surface area contributed by atoms with Crippen molar-refractivity contribution in [2.75, 3.05) is 25.2 Å². The van der Waals surface area contributed by atoms with Crippen LogP contribution in [-0.4, -0.2) is 34.8 Å². The summed E-state index contributed by atoms with van der Waals surface area (Å²) < 4.78 is 12.3. The summed E-state index contributed by atoms with van der Waals surface area (Å²) >= 11 is 2.19. The first-order valence-corrected chi connectivity index (χ1v) is 10.0. The van der Waals surface area contributed by atoms with E-state index in [2.05, 4.69) is 32.6 Å². The summed E-state index contributed by atoms with van der Waals surface area (Å²) in [5.74, 6) is 0.666. The number of halogens is 1. The fourth-order valence-corrected chi connectivity index (χ4v) is 3.63. The first-order valence-electron chi connectivity index (χ1n) is 8.94. The molecule has 0 fully saturated rings. The van der Waals surface area contributed by atoms with Gasteiger partial charge in [0.05, 0.1) is 23.2 Å². The van der Waals surface area contributed by atoms with Crippen LogP contribution < -0.4 is 20.9 Å². The Labute approximate surface area is 177 Å². The number of methoxy groups -OCH3 is 1. The van der Waals surface area contributed by atoms with E-state index in [-0.39, 0.29) is 11.9 Å². The number of hydrogen-bond donors (Lipinski definition) is 3. The molecule has 152 valence electrons. The number of aromatic nitrogens is 2. The van der Waals surface area contributed by atoms with E-state index in [1.165, 1.54) is 0 Å². The molecule has 2 rings (SSSR count). The zero-order valence-electron chi connectivity index (χ0n) is 15.9. The SMILES string of the molecule is CCC(CCCOc1c(I)cc(Cc2cnc(N)nc2N)cc1OC)C(=O)O. The van der Waals surface area contributed by atoms with Gasteiger partial charge in [0.25, 0.3) is 0 Å². The average Bonchev–Trinajstić information content (AvgIpc) is 2.64. The van der Waals surface area contributed by atoms with Crippen LogP contribution in [0.5, 0.6) is 11.5 Å². The molecule has 0 saturated heterocycles. The molecule has 9 heteroatoms. The molecule has 0 aliphatic rings. The minimum Gasteiger partial charge on any atom is -0.493 e. The van der Waals surface area contributed by atoms with Crippen LogP contribution in [0.3, 0.4) is 0 Å². The van der Waals surface area contributed by atoms with E-state index in [1.807, 2.05) is 19.1 Å². The Bertz CT molecular complexity index is 832. The van der Waals surface area contributed by atoms with Gasteiger partial charge >= 0.3 is 5.97 Å². The highest BCUT2D eigenvalue weighted by molar-refractivity contribution is 14.1. The lowest BCUT2D eigenvalue weighted by Crippen LogP contribution is -2.14. The molecule has 2 aromatic rings. The maximum Gasteiger partial charge on any atom is 0.306 e. The smallest absolute Gasteiger partial charge is 0.306 e. The van der Waals surface area contributed by atoms with Crippen molar-refractivity contribution in [1.29, 1.82) is 0 Å². The number of carboxylic acids is 1. The lowest BCUT2D eigenvalue weighted by molar-refractivity contribution is -0.142. The first kappa shape index (κ1) is 22.0. The highest BCUT2D eigenvalue weighted by Gasteiger charge is 2.16. The second-order valence-corrected chi connectivity index (χ2v) is 7.52. The molecular formula is C19H25IN4O4. The fraction of sp³-hybridized carbons (Fsp3) is 0.421. The van der Waals surface area contributed by atoms with Crippen molar-refractivity contribution in [3.05, 3.63) is 33.0 Å². The van der Waals surface area contributed by atoms with E-state index in [0.717, 1.165) is 14.7 Å². The van der Waals surface area contributed by atoms with E-state index >= 15 is 0 Å². The molecule has 0 aliphatic carbocycles. The molecule has 1 aromatic carbocycles. The number of ether oxygens (including phenoxy) is 2. The minimum absolute atomic E-state index is 0.144. The lowest BCUT2D eigenvalue weighted by Gasteiger charge is -2.15. The molecule has 0 bridgehead atoms. The number of rotatable bonds is 10. The monoisotopic (exact) mass is 500 g/mol. The van der Waals surface area contributed by atoms with Crippen molar-refractivity contribution in [3.63, 3.8) is 0 Å². The van der Waals surface area contributed by atoms with Gasteiger partial charge in [0.1, 0.15) is 5.82 Å². The van der Waals surface area contributed by atoms with Crippen molar-refractivity contribution in [2.24, 2.45) is 5.92 Å². The number of benzene rings is 1. The van der Waals surface area contributed by atoms with Crippen LogP contribution in [-0.2, 0) is 11.2 Å². The van der Waals surface area contributed by atoms with E-state index in [1.54, 1.807) is 13.3 Å². The standard InChI is InChI=1S/C19H25IN4O4/c1-3-12(18(25)26)5-4-6-28-16-14(20)8-11(9-15(16)27-2)7-13-10-23-19(22)24-17(13)21/h8-10,12H,3-7H2,1-2H3,(H,25,26)(H4,21,22,23,24). The predicted octanol–water partition coefficient (Wildman–Crippen LogP) is 3.11. The summed E-state index contributed by atoms with van der Waals surface area (Å²) in [6.07, 6.45) is 4.01. The molecule has 8 nitrogen and oxygen atoms in total. The third-order valence-corrected chi connectivity index (χ3v) is 5.19. The lowest BCUT2D eigenvalue weighted by atomic mass is 10.0. The molecule has 0 saturated carbocycles. The molecule has 0 aliphatic heterocycles. The third kappa shape index (κ3) is 5.85. The number of nitrogen functional groups attached to an aromatic ring is 2. The van der Waals surface area contributed by atoms with Crippen molar-refractivity contribution >= 4 is 40.3 Å². The summed E-state index contributed by atoms with van der Waals surface area (Å²) in [6, 6.07) is 3.87. The number of carbonyl (C=O) groups is 1. The molecule has 1 heterocycles. The highest BCUT2D eigenvalue weighted by atomic mass is 127. The Hall–Kier alpha value is -2.30. The van der Waals surface area contributed by atoms with Crippen LogP contribution in [0.15, 0.2) is 18.3 Å². The third-order valence-electron chi connectivity index (χ3n) is 4.39. The normalized spacial score (nSPS) is 11.8. The molecule has 0 radical (unpaired) electrons. The van der Waals surface area contributed by atoms with E-state index < -0.39 is 5.97 Å². The second kappa shape index (κ2) is 10.3. The van der Waals surface area contributed by atoms with Crippen LogP contribution in [0.4, 0.5) is 11.8 Å². The van der Waals surface area contributed by atoms with Crippen molar-refractivity contribution < 1.29 is 19.4 Å². The van der Waals surface area contributed by atoms with E-state index in [4.69, 9.17) is 26.0 Å². The largest absolute Gasteiger partial charge is 0.493 e. The number of hydrogen-bond acceptors (Lipinski definition) is 7. The molecule has 1 unspecified atom stereocenters. The molecular weight excluding hydrogens is 475 g/mol. The Morgan fingerprint density at radius 3 is 2.71 bits per heavy atom. The average molecular weight is 500 g/mol. The summed E-state index contributed by atoms with van der Waals surface area (Å²) in [5.41, 5.74) is 13.2. The number of aliphatic carboxylic acids is 1. The van der Waals surface area contributed by atoms with Gasteiger partial charge in [0.2, 0.25) is 5.95 Å². The van der Waals surface area contributed by atoms with Gasteiger partial charge in [-0.1, -0.05) is 6.92 Å². The van der Waals surface area contributed by atoms with Crippen LogP contribution in [0.25, 0.3) is 0 Å². The van der Waals surface area contributed by atoms with Gasteiger partial charge in [-0.25, -0.2) is 4.98 Å². The van der Waals surface area contributed by atoms with E-state index in [9.17, 15) is 4.79 Å². The number of nitrogens with two attached hydrogens (primary N) is 2. The maximum absolute atomic E-state index is 11.1. The number of nitrogens with zero attached hydrogens (tertiary/aromatic N) is 2. The van der Waals surface area contributed by atoms with Gasteiger partial charge in [-0.05, 0) is 59.5 Å². The molecule has 0 amide bonds. The molecule has 1 atom stereocenters. The number of carboxylic acid groups (broad SMARTS) is 1. The Morgan fingerprint density at radius 2 is 2.11 bits per heavy atom. The zero-order chi connectivity index (χ0) is 20.7. The Kier molecular flexibility index (Phi) is 8.09. The molecule has 1 aromatic heterocycles. The van der Waals surface area contributed by atoms with Crippen molar-refractivity contribution in [3.8, 4) is 11.5 Å². The predicted molar refractivity (Wildman–Crippen MR) is 116 cm³/mol. The topological polar surface area (TPSA) is 134 Å². The zero-order valence-corrected chi connectivity index (χ0v) is 18.1. The van der Waals surface area contributed by atoms with Crippen molar-refractivity contribution in [1.82, 2.24) is 9.97 Å². The van der Waals surface area contributed by atoms with Gasteiger partial charge in [0, 0.05) is 18.2 Å². The first-order chi connectivity index (χ1) is 13.3. The van der Waals surface area contributed by atoms with E-state index in [0.29, 0.717) is 49.6 Å². The molecule has 28 heavy (non-hydrogen) atoms. The van der Waals surface area contributed by atoms with Crippen LogP contribution in [0.2, 0.25) is 0 Å². The fourth-order valence-electron chi connectivity index (χ4n) is 2.81. The summed E-state index contributed by atoms with van der Waals surface area (Å²) in [4.78, 5) is 19.1. The minimum atomic E-state index is -0.759. The van der Waals surface area contributed by atoms with Crippen LogP contribution in [0.1, 0.15) is 37.3 Å². The molecule has 0 spiro atoms. The van der Waals surface area contributed by atoms with Gasteiger partial charge in [-0.15, -0.1) is 0 Å². The van der Waals surface area contributed by atoms with Gasteiger partial charge in [-0.2, -0.15) is 4.98 Å². The summed E-state index contributed by atoms with van der Waals surface area (Å²) in [7, 11) is 1.58. The Balaban J connectivity index is 2.07. The summed E-state index contributed by atoms with van der Waals surface area (Å²) in [5, 5.41) is 9.12. The second-order valence-electron chi connectivity index (χ2n) is 6.36. The van der Waals surface area contributed by atoms with Gasteiger partial charge < -0.3 is 26.0 Å². The quantitative estimate of drug-likeness (QED) is 0.335. The van der Waals surface area contributed by atoms with Gasteiger partial charge in [-0.3, -0.25) is 4.79 Å². The number of anilines is 2. The maximum atomic E-state index is 11.1. The van der Waals surface area contributed by atoms with Gasteiger partial charge in [0.15, 0.2) is 11.5 Å². The van der Waals surface area contributed by atoms with Crippen LogP contribution in [0, 0.1) is 9.49 Å².